The minimum atomic E-state index is -4.64. The van der Waals surface area contributed by atoms with Gasteiger partial charge in [0.05, 0.1) is 12.9 Å². The molecule has 0 spiro atoms. The van der Waals surface area contributed by atoms with Crippen molar-refractivity contribution in [1.82, 2.24) is 0 Å². The number of hydrogen-bond acceptors (Lipinski definition) is 2. The number of unbranched alkanes of at least 4 members (excludes halogenated alkanes) is 14. The Morgan fingerprint density at radius 1 is 0.692 bits per heavy atom. The second-order valence-corrected chi connectivity index (χ2v) is 7.83. The standard InChI is InChI=1S/C20H40O.H3O4P/c1-3-5-6-7-8-9-10-11-12-13-14-15-16-17-18-20-21-19-4-2;1-5(2,3)4/h4,19H,3,5-18,20H2,1-2H3;(H3,1,2,3,4)/b19-4+;. The molecule has 0 aliphatic carbocycles. The third-order valence-corrected chi connectivity index (χ3v) is 4.10. The van der Waals surface area contributed by atoms with Crippen LogP contribution >= 0.6 is 7.82 Å². The second kappa shape index (κ2) is 22.7. The van der Waals surface area contributed by atoms with Gasteiger partial charge in [0.1, 0.15) is 0 Å². The average molecular weight is 395 g/mol. The number of hydrogen-bond donors (Lipinski definition) is 3. The van der Waals surface area contributed by atoms with Crippen molar-refractivity contribution in [3.8, 4) is 0 Å². The Morgan fingerprint density at radius 2 is 1.00 bits per heavy atom. The number of rotatable bonds is 17. The van der Waals surface area contributed by atoms with Crippen molar-refractivity contribution in [3.05, 3.63) is 12.3 Å². The Balaban J connectivity index is 0. The molecule has 0 aliphatic heterocycles. The highest BCUT2D eigenvalue weighted by molar-refractivity contribution is 7.45. The second-order valence-electron chi connectivity index (χ2n) is 6.80. The van der Waals surface area contributed by atoms with E-state index in [0.29, 0.717) is 0 Å². The lowest BCUT2D eigenvalue weighted by molar-refractivity contribution is 0.240. The van der Waals surface area contributed by atoms with Gasteiger partial charge in [-0.15, -0.1) is 0 Å². The normalized spacial score (nSPS) is 11.4. The Morgan fingerprint density at radius 3 is 1.31 bits per heavy atom. The minimum Gasteiger partial charge on any atom is -0.502 e. The summed E-state index contributed by atoms with van der Waals surface area (Å²) < 4.78 is 14.2. The van der Waals surface area contributed by atoms with E-state index < -0.39 is 7.82 Å². The Hall–Kier alpha value is -0.350. The molecule has 5 nitrogen and oxygen atoms in total. The molecule has 0 radical (unpaired) electrons. The largest absolute Gasteiger partial charge is 0.502 e. The van der Waals surface area contributed by atoms with Crippen LogP contribution in [0.15, 0.2) is 12.3 Å². The van der Waals surface area contributed by atoms with Crippen LogP contribution < -0.4 is 0 Å². The summed E-state index contributed by atoms with van der Waals surface area (Å²) in [7, 11) is -4.64. The van der Waals surface area contributed by atoms with E-state index in [4.69, 9.17) is 24.0 Å². The van der Waals surface area contributed by atoms with Crippen LogP contribution in [0.25, 0.3) is 0 Å². The first kappa shape index (κ1) is 27.9. The van der Waals surface area contributed by atoms with Crippen molar-refractivity contribution < 1.29 is 24.0 Å². The van der Waals surface area contributed by atoms with Crippen molar-refractivity contribution in [2.45, 2.75) is 110 Å². The van der Waals surface area contributed by atoms with Crippen LogP contribution in [0.2, 0.25) is 0 Å². The van der Waals surface area contributed by atoms with Gasteiger partial charge in [0.15, 0.2) is 0 Å². The molecule has 0 aromatic rings. The molecule has 0 bridgehead atoms. The molecule has 0 fully saturated rings. The summed E-state index contributed by atoms with van der Waals surface area (Å²) >= 11 is 0. The zero-order valence-electron chi connectivity index (χ0n) is 17.1. The van der Waals surface area contributed by atoms with Gasteiger partial charge in [-0.05, 0) is 13.3 Å². The summed E-state index contributed by atoms with van der Waals surface area (Å²) in [6, 6.07) is 0. The van der Waals surface area contributed by atoms with Gasteiger partial charge in [0.2, 0.25) is 0 Å². The van der Waals surface area contributed by atoms with Gasteiger partial charge < -0.3 is 19.4 Å². The lowest BCUT2D eigenvalue weighted by atomic mass is 10.0. The molecule has 26 heavy (non-hydrogen) atoms. The molecule has 0 saturated carbocycles. The van der Waals surface area contributed by atoms with Crippen molar-refractivity contribution in [3.63, 3.8) is 0 Å². The maximum atomic E-state index is 8.88. The molecule has 0 aromatic heterocycles. The van der Waals surface area contributed by atoms with Crippen LogP contribution in [-0.4, -0.2) is 21.3 Å². The molecule has 0 heterocycles. The molecule has 0 rings (SSSR count). The SMILES string of the molecule is C/C=C/OCCCCCCCCCCCCCCCCC.O=P(O)(O)O. The van der Waals surface area contributed by atoms with Crippen LogP contribution in [0.1, 0.15) is 110 Å². The maximum Gasteiger partial charge on any atom is 0.466 e. The predicted molar refractivity (Wildman–Crippen MR) is 110 cm³/mol. The molecule has 6 heteroatoms. The minimum absolute atomic E-state index is 0.891. The molecular formula is C20H43O5P. The first-order valence-corrected chi connectivity index (χ1v) is 12.0. The molecule has 0 atom stereocenters. The van der Waals surface area contributed by atoms with Gasteiger partial charge in [-0.1, -0.05) is 103 Å². The van der Waals surface area contributed by atoms with Gasteiger partial charge in [-0.25, -0.2) is 4.57 Å². The van der Waals surface area contributed by atoms with Crippen LogP contribution in [0.4, 0.5) is 0 Å². The van der Waals surface area contributed by atoms with E-state index in [9.17, 15) is 0 Å². The van der Waals surface area contributed by atoms with E-state index in [1.807, 2.05) is 13.0 Å². The van der Waals surface area contributed by atoms with E-state index in [1.54, 1.807) is 6.26 Å². The van der Waals surface area contributed by atoms with E-state index in [-0.39, 0.29) is 0 Å². The van der Waals surface area contributed by atoms with Gasteiger partial charge in [0, 0.05) is 0 Å². The Kier molecular flexibility index (Phi) is 24.3. The van der Waals surface area contributed by atoms with E-state index in [2.05, 4.69) is 6.92 Å². The fraction of sp³-hybridized carbons (Fsp3) is 0.900. The highest BCUT2D eigenvalue weighted by Gasteiger charge is 2.00. The summed E-state index contributed by atoms with van der Waals surface area (Å²) in [5, 5.41) is 0. The monoisotopic (exact) mass is 394 g/mol. The first-order valence-electron chi connectivity index (χ1n) is 10.4. The fourth-order valence-electron chi connectivity index (χ4n) is 2.72. The van der Waals surface area contributed by atoms with Crippen molar-refractivity contribution in [2.24, 2.45) is 0 Å². The highest BCUT2D eigenvalue weighted by atomic mass is 31.2. The van der Waals surface area contributed by atoms with Gasteiger partial charge >= 0.3 is 7.82 Å². The average Bonchev–Trinajstić information content (AvgIpc) is 2.56. The fourth-order valence-corrected chi connectivity index (χ4v) is 2.72. The summed E-state index contributed by atoms with van der Waals surface area (Å²) in [4.78, 5) is 21.6. The van der Waals surface area contributed by atoms with Crippen LogP contribution in [0.3, 0.4) is 0 Å². The number of ether oxygens (including phenoxy) is 1. The summed E-state index contributed by atoms with van der Waals surface area (Å²) in [6.45, 7) is 5.17. The molecule has 3 N–H and O–H groups in total. The first-order chi connectivity index (χ1) is 12.4. The van der Waals surface area contributed by atoms with E-state index >= 15 is 0 Å². The Labute approximate surface area is 161 Å². The van der Waals surface area contributed by atoms with Crippen LogP contribution in [0, 0.1) is 0 Å². The quantitative estimate of drug-likeness (QED) is 0.149. The van der Waals surface area contributed by atoms with E-state index in [1.165, 1.54) is 96.3 Å². The van der Waals surface area contributed by atoms with Crippen molar-refractivity contribution >= 4 is 7.82 Å². The molecule has 0 amide bonds. The van der Waals surface area contributed by atoms with E-state index in [0.717, 1.165) is 6.61 Å². The third-order valence-electron chi connectivity index (χ3n) is 4.10. The summed E-state index contributed by atoms with van der Waals surface area (Å²) in [6.07, 6.45) is 25.0. The smallest absolute Gasteiger partial charge is 0.466 e. The zero-order chi connectivity index (χ0) is 19.9. The topological polar surface area (TPSA) is 87.0 Å². The van der Waals surface area contributed by atoms with Gasteiger partial charge in [0.25, 0.3) is 0 Å². The maximum absolute atomic E-state index is 8.88. The molecule has 0 aromatic carbocycles. The highest BCUT2D eigenvalue weighted by Crippen LogP contribution is 2.25. The molecule has 0 aliphatic rings. The van der Waals surface area contributed by atoms with Crippen molar-refractivity contribution in [1.29, 1.82) is 0 Å². The van der Waals surface area contributed by atoms with Crippen molar-refractivity contribution in [2.75, 3.05) is 6.61 Å². The number of allylic oxidation sites excluding steroid dienone is 1. The lowest BCUT2D eigenvalue weighted by Gasteiger charge is -2.03. The summed E-state index contributed by atoms with van der Waals surface area (Å²) in [5.74, 6) is 0. The third kappa shape index (κ3) is 38.9. The number of phosphoric acid groups is 1. The zero-order valence-corrected chi connectivity index (χ0v) is 18.0. The molecule has 0 saturated heterocycles. The van der Waals surface area contributed by atoms with Gasteiger partial charge in [-0.2, -0.15) is 0 Å². The summed E-state index contributed by atoms with van der Waals surface area (Å²) in [5.41, 5.74) is 0. The van der Waals surface area contributed by atoms with Gasteiger partial charge in [-0.3, -0.25) is 0 Å². The lowest BCUT2D eigenvalue weighted by Crippen LogP contribution is -1.88. The van der Waals surface area contributed by atoms with Crippen LogP contribution in [-0.2, 0) is 9.30 Å². The Bertz CT molecular complexity index is 320. The van der Waals surface area contributed by atoms with Crippen LogP contribution in [0.5, 0.6) is 0 Å². The molecule has 158 valence electrons. The molecular weight excluding hydrogens is 351 g/mol. The predicted octanol–water partition coefficient (Wildman–Crippen LogP) is 6.48. The molecule has 0 unspecified atom stereocenters.